The van der Waals surface area contributed by atoms with Crippen molar-refractivity contribution in [1.29, 1.82) is 0 Å². The smallest absolute Gasteiger partial charge is 0.265 e. The number of anilines is 1. The Morgan fingerprint density at radius 1 is 1.36 bits per heavy atom. The molecule has 0 amide bonds. The summed E-state index contributed by atoms with van der Waals surface area (Å²) < 4.78 is 26.9. The predicted octanol–water partition coefficient (Wildman–Crippen LogP) is 4.03. The summed E-state index contributed by atoms with van der Waals surface area (Å²) in [7, 11) is 0. The lowest BCUT2D eigenvalue weighted by molar-refractivity contribution is 0.152. The van der Waals surface area contributed by atoms with Gasteiger partial charge in [-0.25, -0.2) is 8.78 Å². The molecule has 1 aromatic heterocycles. The second kappa shape index (κ2) is 3.62. The number of thiophene rings is 1. The van der Waals surface area contributed by atoms with Gasteiger partial charge in [0.05, 0.1) is 5.69 Å². The van der Waals surface area contributed by atoms with Crippen molar-refractivity contribution in [1.82, 2.24) is 0 Å². The quantitative estimate of drug-likeness (QED) is 0.787. The fourth-order valence-electron chi connectivity index (χ4n) is 1.37. The molecule has 0 atom stereocenters. The van der Waals surface area contributed by atoms with Gasteiger partial charge in [-0.1, -0.05) is 0 Å². The molecule has 2 aromatic rings. The Balaban J connectivity index is 2.87. The first kappa shape index (κ1) is 10.1. The maximum atomic E-state index is 12.8. The van der Waals surface area contributed by atoms with Crippen LogP contribution in [-0.4, -0.2) is 0 Å². The first-order chi connectivity index (χ1) is 6.61. The maximum Gasteiger partial charge on any atom is 0.265 e. The van der Waals surface area contributed by atoms with Crippen LogP contribution in [0.15, 0.2) is 17.5 Å². The molecule has 2 N–H and O–H groups in total. The van der Waals surface area contributed by atoms with Crippen LogP contribution >= 0.6 is 33.9 Å². The fourth-order valence-corrected chi connectivity index (χ4v) is 2.92. The molecular formula is C9H6F2INS. The van der Waals surface area contributed by atoms with E-state index < -0.39 is 6.43 Å². The molecule has 0 saturated heterocycles. The zero-order valence-electron chi connectivity index (χ0n) is 6.93. The summed E-state index contributed by atoms with van der Waals surface area (Å²) in [5.41, 5.74) is 6.16. The Bertz CT molecular complexity index is 481. The van der Waals surface area contributed by atoms with Crippen LogP contribution in [0, 0.1) is 3.57 Å². The predicted molar refractivity (Wildman–Crippen MR) is 63.9 cm³/mol. The molecule has 0 fully saturated rings. The molecule has 5 heteroatoms. The molecule has 1 aromatic carbocycles. The van der Waals surface area contributed by atoms with Gasteiger partial charge in [0.2, 0.25) is 0 Å². The molecule has 2 rings (SSSR count). The van der Waals surface area contributed by atoms with Gasteiger partial charge in [0.1, 0.15) is 0 Å². The van der Waals surface area contributed by atoms with E-state index in [1.54, 1.807) is 11.4 Å². The van der Waals surface area contributed by atoms with E-state index in [-0.39, 0.29) is 5.56 Å². The molecule has 14 heavy (non-hydrogen) atoms. The van der Waals surface area contributed by atoms with Crippen LogP contribution in [0.2, 0.25) is 0 Å². The molecular weight excluding hydrogens is 319 g/mol. The highest BCUT2D eigenvalue weighted by Gasteiger charge is 2.18. The largest absolute Gasteiger partial charge is 0.398 e. The number of halogens is 3. The molecule has 1 heterocycles. The van der Waals surface area contributed by atoms with Gasteiger partial charge >= 0.3 is 0 Å². The van der Waals surface area contributed by atoms with Crippen LogP contribution in [0.4, 0.5) is 14.5 Å². The molecule has 0 radical (unpaired) electrons. The summed E-state index contributed by atoms with van der Waals surface area (Å²) in [6.07, 6.45) is -2.47. The maximum absolute atomic E-state index is 12.8. The molecule has 0 aliphatic rings. The second-order valence-electron chi connectivity index (χ2n) is 2.83. The van der Waals surface area contributed by atoms with Crippen molar-refractivity contribution in [3.63, 3.8) is 0 Å². The normalized spacial score (nSPS) is 11.4. The van der Waals surface area contributed by atoms with Gasteiger partial charge in [-0.3, -0.25) is 0 Å². The molecule has 0 bridgehead atoms. The van der Waals surface area contributed by atoms with Crippen LogP contribution in [0.5, 0.6) is 0 Å². The van der Waals surface area contributed by atoms with Gasteiger partial charge in [-0.2, -0.15) is 0 Å². The number of nitrogen functional groups attached to an aromatic ring is 1. The minimum atomic E-state index is -2.47. The fraction of sp³-hybridized carbons (Fsp3) is 0.111. The van der Waals surface area contributed by atoms with E-state index in [0.29, 0.717) is 14.6 Å². The van der Waals surface area contributed by atoms with E-state index in [9.17, 15) is 8.78 Å². The number of benzene rings is 1. The number of rotatable bonds is 1. The van der Waals surface area contributed by atoms with Crippen molar-refractivity contribution in [2.24, 2.45) is 0 Å². The van der Waals surface area contributed by atoms with E-state index in [0.717, 1.165) is 4.70 Å². The lowest BCUT2D eigenvalue weighted by Crippen LogP contribution is -1.92. The standard InChI is InChI=1S/C9H6F2INS/c10-9(11)7-4(12)1-2-6-8(7)5(13)3-14-6/h1-3,9H,13H2. The third-order valence-electron chi connectivity index (χ3n) is 1.97. The zero-order chi connectivity index (χ0) is 10.3. The van der Waals surface area contributed by atoms with Crippen LogP contribution in [-0.2, 0) is 0 Å². The van der Waals surface area contributed by atoms with E-state index in [2.05, 4.69) is 0 Å². The molecule has 0 spiro atoms. The van der Waals surface area contributed by atoms with Crippen LogP contribution in [0.1, 0.15) is 12.0 Å². The number of hydrogen-bond donors (Lipinski definition) is 1. The second-order valence-corrected chi connectivity index (χ2v) is 4.90. The first-order valence-corrected chi connectivity index (χ1v) is 5.80. The van der Waals surface area contributed by atoms with Crippen molar-refractivity contribution in [3.8, 4) is 0 Å². The van der Waals surface area contributed by atoms with Crippen LogP contribution in [0.3, 0.4) is 0 Å². The summed E-state index contributed by atoms with van der Waals surface area (Å²) in [4.78, 5) is 0. The van der Waals surface area contributed by atoms with E-state index in [1.165, 1.54) is 11.3 Å². The lowest BCUT2D eigenvalue weighted by Gasteiger charge is -2.05. The summed E-state index contributed by atoms with van der Waals surface area (Å²) in [5, 5.41) is 2.21. The van der Waals surface area contributed by atoms with Crippen molar-refractivity contribution >= 4 is 49.7 Å². The first-order valence-electron chi connectivity index (χ1n) is 3.84. The minimum absolute atomic E-state index is 0.0573. The van der Waals surface area contributed by atoms with Gasteiger partial charge in [-0.05, 0) is 34.7 Å². The van der Waals surface area contributed by atoms with Crippen molar-refractivity contribution < 1.29 is 8.78 Å². The van der Waals surface area contributed by atoms with E-state index in [4.69, 9.17) is 5.73 Å². The summed E-state index contributed by atoms with van der Waals surface area (Å²) >= 11 is 3.30. The van der Waals surface area contributed by atoms with Gasteiger partial charge in [0.25, 0.3) is 6.43 Å². The summed E-state index contributed by atoms with van der Waals surface area (Å²) in [6.45, 7) is 0. The Morgan fingerprint density at radius 3 is 2.71 bits per heavy atom. The van der Waals surface area contributed by atoms with Gasteiger partial charge in [-0.15, -0.1) is 11.3 Å². The number of fused-ring (bicyclic) bond motifs is 1. The monoisotopic (exact) mass is 325 g/mol. The Kier molecular flexibility index (Phi) is 2.61. The molecule has 0 unspecified atom stereocenters. The third kappa shape index (κ3) is 1.48. The number of nitrogens with two attached hydrogens (primary N) is 1. The number of alkyl halides is 2. The Labute approximate surface area is 97.1 Å². The van der Waals surface area contributed by atoms with Crippen LogP contribution < -0.4 is 5.73 Å². The zero-order valence-corrected chi connectivity index (χ0v) is 9.90. The Morgan fingerprint density at radius 2 is 2.07 bits per heavy atom. The summed E-state index contributed by atoms with van der Waals surface area (Å²) in [6, 6.07) is 3.52. The highest BCUT2D eigenvalue weighted by Crippen LogP contribution is 2.38. The average molecular weight is 325 g/mol. The third-order valence-corrected chi connectivity index (χ3v) is 3.88. The highest BCUT2D eigenvalue weighted by molar-refractivity contribution is 14.1. The average Bonchev–Trinajstić information content (AvgIpc) is 2.47. The summed E-state index contributed by atoms with van der Waals surface area (Å²) in [5.74, 6) is 0. The Hall–Kier alpha value is -0.430. The van der Waals surface area contributed by atoms with E-state index in [1.807, 2.05) is 28.7 Å². The molecule has 1 nitrogen and oxygen atoms in total. The van der Waals surface area contributed by atoms with Crippen molar-refractivity contribution in [2.75, 3.05) is 5.73 Å². The van der Waals surface area contributed by atoms with Gasteiger partial charge in [0, 0.05) is 24.6 Å². The molecule has 74 valence electrons. The molecule has 0 aliphatic heterocycles. The molecule has 0 saturated carbocycles. The number of hydrogen-bond acceptors (Lipinski definition) is 2. The molecule has 0 aliphatic carbocycles. The van der Waals surface area contributed by atoms with Crippen LogP contribution in [0.25, 0.3) is 10.1 Å². The highest BCUT2D eigenvalue weighted by atomic mass is 127. The topological polar surface area (TPSA) is 26.0 Å². The van der Waals surface area contributed by atoms with Gasteiger partial charge < -0.3 is 5.73 Å². The lowest BCUT2D eigenvalue weighted by atomic mass is 10.1. The van der Waals surface area contributed by atoms with E-state index >= 15 is 0 Å². The minimum Gasteiger partial charge on any atom is -0.398 e. The van der Waals surface area contributed by atoms with Crippen molar-refractivity contribution in [3.05, 3.63) is 26.6 Å². The van der Waals surface area contributed by atoms with Crippen molar-refractivity contribution in [2.45, 2.75) is 6.43 Å². The van der Waals surface area contributed by atoms with Gasteiger partial charge in [0.15, 0.2) is 0 Å². The SMILES string of the molecule is Nc1csc2ccc(I)c(C(F)F)c12.